The fourth-order valence-corrected chi connectivity index (χ4v) is 3.84. The second kappa shape index (κ2) is 6.78. The number of carbonyl (C=O) groups excluding carboxylic acids is 1. The lowest BCUT2D eigenvalue weighted by molar-refractivity contribution is -0.385. The third kappa shape index (κ3) is 3.33. The van der Waals surface area contributed by atoms with Crippen LogP contribution in [0.15, 0.2) is 47.4 Å². The number of nitro benzene ring substituents is 1. The van der Waals surface area contributed by atoms with Gasteiger partial charge in [0.05, 0.1) is 15.5 Å². The molecule has 2 aromatic carbocycles. The molecule has 1 aliphatic heterocycles. The zero-order valence-corrected chi connectivity index (χ0v) is 15.2. The van der Waals surface area contributed by atoms with Crippen molar-refractivity contribution in [1.82, 2.24) is 0 Å². The summed E-state index contributed by atoms with van der Waals surface area (Å²) in [4.78, 5) is 25.4. The highest BCUT2D eigenvalue weighted by Gasteiger charge is 2.34. The summed E-state index contributed by atoms with van der Waals surface area (Å²) >= 11 is 6.56. The summed E-state index contributed by atoms with van der Waals surface area (Å²) in [5.41, 5.74) is 2.91. The molecule has 0 bridgehead atoms. The summed E-state index contributed by atoms with van der Waals surface area (Å²) in [5.74, 6) is -0.215. The largest absolute Gasteiger partial charge is 0.272 e. The Hall–Kier alpha value is -2.51. The van der Waals surface area contributed by atoms with Crippen LogP contribution in [0.5, 0.6) is 0 Å². The van der Waals surface area contributed by atoms with Crippen molar-refractivity contribution >= 4 is 51.7 Å². The first-order valence-electron chi connectivity index (χ1n) is 7.47. The molecule has 7 heteroatoms. The Balaban J connectivity index is 1.98. The molecule has 1 heterocycles. The van der Waals surface area contributed by atoms with E-state index in [-0.39, 0.29) is 11.6 Å². The highest BCUT2D eigenvalue weighted by molar-refractivity contribution is 8.27. The number of carbonyl (C=O) groups is 1. The molecule has 126 valence electrons. The molecule has 3 rings (SSSR count). The molecule has 0 unspecified atom stereocenters. The number of hydrogen-bond acceptors (Lipinski definition) is 5. The van der Waals surface area contributed by atoms with Gasteiger partial charge in [0.2, 0.25) is 0 Å². The zero-order valence-electron chi connectivity index (χ0n) is 13.6. The predicted molar refractivity (Wildman–Crippen MR) is 105 cm³/mol. The maximum Gasteiger partial charge on any atom is 0.272 e. The molecule has 1 fully saturated rings. The van der Waals surface area contributed by atoms with E-state index in [0.29, 0.717) is 20.4 Å². The van der Waals surface area contributed by atoms with E-state index in [9.17, 15) is 14.9 Å². The minimum atomic E-state index is -0.425. The molecular weight excluding hydrogens is 356 g/mol. The van der Waals surface area contributed by atoms with Crippen molar-refractivity contribution < 1.29 is 9.72 Å². The van der Waals surface area contributed by atoms with E-state index >= 15 is 0 Å². The molecule has 1 amide bonds. The first kappa shape index (κ1) is 17.3. The Morgan fingerprint density at radius 1 is 1.16 bits per heavy atom. The van der Waals surface area contributed by atoms with Gasteiger partial charge in [0.15, 0.2) is 4.32 Å². The quantitative estimate of drug-likeness (QED) is 0.341. The Morgan fingerprint density at radius 2 is 1.88 bits per heavy atom. The molecule has 0 radical (unpaired) electrons. The van der Waals surface area contributed by atoms with Crippen molar-refractivity contribution in [1.29, 1.82) is 0 Å². The third-order valence-electron chi connectivity index (χ3n) is 3.88. The number of rotatable bonds is 3. The number of anilines is 1. The SMILES string of the molecule is Cc1ccccc1N1C(=O)/C(=C/c2ccc(C)c([N+](=O)[O-])c2)SC1=S. The average Bonchev–Trinajstić information content (AvgIpc) is 2.84. The number of aryl methyl sites for hydroxylation is 2. The Morgan fingerprint density at radius 3 is 2.56 bits per heavy atom. The first-order valence-corrected chi connectivity index (χ1v) is 8.69. The van der Waals surface area contributed by atoms with Crippen LogP contribution >= 0.6 is 24.0 Å². The van der Waals surface area contributed by atoms with Gasteiger partial charge in [-0.05, 0) is 37.1 Å². The van der Waals surface area contributed by atoms with Crippen LogP contribution in [0.25, 0.3) is 6.08 Å². The van der Waals surface area contributed by atoms with Gasteiger partial charge in [-0.15, -0.1) is 0 Å². The van der Waals surface area contributed by atoms with Gasteiger partial charge in [-0.2, -0.15) is 0 Å². The normalized spacial score (nSPS) is 15.9. The molecule has 0 spiro atoms. The number of amides is 1. The van der Waals surface area contributed by atoms with Crippen molar-refractivity contribution in [2.45, 2.75) is 13.8 Å². The van der Waals surface area contributed by atoms with Crippen LogP contribution in [0.3, 0.4) is 0 Å². The maximum atomic E-state index is 12.8. The summed E-state index contributed by atoms with van der Waals surface area (Å²) in [6.45, 7) is 3.60. The zero-order chi connectivity index (χ0) is 18.1. The van der Waals surface area contributed by atoms with Crippen LogP contribution in [-0.4, -0.2) is 15.2 Å². The van der Waals surface area contributed by atoms with E-state index in [1.807, 2.05) is 31.2 Å². The third-order valence-corrected chi connectivity index (χ3v) is 5.18. The van der Waals surface area contributed by atoms with Gasteiger partial charge in [-0.25, -0.2) is 0 Å². The molecule has 0 aliphatic carbocycles. The number of hydrogen-bond donors (Lipinski definition) is 0. The fraction of sp³-hybridized carbons (Fsp3) is 0.111. The number of thiocarbonyl (C=S) groups is 1. The van der Waals surface area contributed by atoms with Crippen molar-refractivity contribution in [2.24, 2.45) is 0 Å². The Kier molecular flexibility index (Phi) is 4.69. The Bertz CT molecular complexity index is 938. The number of benzene rings is 2. The molecular formula is C18H14N2O3S2. The molecule has 2 aromatic rings. The van der Waals surface area contributed by atoms with Gasteiger partial charge in [-0.3, -0.25) is 19.8 Å². The molecule has 25 heavy (non-hydrogen) atoms. The minimum absolute atomic E-state index is 0.0307. The van der Waals surface area contributed by atoms with Gasteiger partial charge < -0.3 is 0 Å². The standard InChI is InChI=1S/C18H14N2O3S2/c1-11-5-3-4-6-14(11)19-17(21)16(25-18(19)24)10-13-8-7-12(2)15(9-13)20(22)23/h3-10H,1-2H3/b16-10-. The van der Waals surface area contributed by atoms with Crippen LogP contribution in [0.4, 0.5) is 11.4 Å². The van der Waals surface area contributed by atoms with E-state index in [1.165, 1.54) is 22.7 Å². The summed E-state index contributed by atoms with van der Waals surface area (Å²) in [6.07, 6.45) is 1.64. The first-order chi connectivity index (χ1) is 11.9. The van der Waals surface area contributed by atoms with Gasteiger partial charge in [0.25, 0.3) is 11.6 Å². The second-order valence-corrected chi connectivity index (χ2v) is 7.28. The van der Waals surface area contributed by atoms with Crippen LogP contribution in [0.1, 0.15) is 16.7 Å². The lowest BCUT2D eigenvalue weighted by Gasteiger charge is -2.16. The van der Waals surface area contributed by atoms with E-state index < -0.39 is 4.92 Å². The van der Waals surface area contributed by atoms with Crippen molar-refractivity contribution in [2.75, 3.05) is 4.90 Å². The van der Waals surface area contributed by atoms with Crippen LogP contribution in [0.2, 0.25) is 0 Å². The number of nitrogens with zero attached hydrogens (tertiary/aromatic N) is 2. The smallest absolute Gasteiger partial charge is 0.268 e. The maximum absolute atomic E-state index is 12.8. The lowest BCUT2D eigenvalue weighted by atomic mass is 10.1. The van der Waals surface area contributed by atoms with E-state index in [4.69, 9.17) is 12.2 Å². The van der Waals surface area contributed by atoms with Gasteiger partial charge in [0.1, 0.15) is 0 Å². The van der Waals surface area contributed by atoms with E-state index in [0.717, 1.165) is 11.3 Å². The van der Waals surface area contributed by atoms with E-state index in [2.05, 4.69) is 0 Å². The molecule has 5 nitrogen and oxygen atoms in total. The van der Waals surface area contributed by atoms with Crippen molar-refractivity contribution in [3.05, 3.63) is 74.2 Å². The number of nitro groups is 1. The minimum Gasteiger partial charge on any atom is -0.268 e. The summed E-state index contributed by atoms with van der Waals surface area (Å²) in [6, 6.07) is 12.4. The van der Waals surface area contributed by atoms with Gasteiger partial charge in [0, 0.05) is 11.6 Å². The average molecular weight is 370 g/mol. The Labute approximate surface area is 154 Å². The summed E-state index contributed by atoms with van der Waals surface area (Å²) in [5, 5.41) is 11.1. The fourth-order valence-electron chi connectivity index (χ4n) is 2.55. The molecule has 0 N–H and O–H groups in total. The van der Waals surface area contributed by atoms with Crippen LogP contribution < -0.4 is 4.90 Å². The van der Waals surface area contributed by atoms with Gasteiger partial charge in [-0.1, -0.05) is 54.3 Å². The van der Waals surface area contributed by atoms with Crippen molar-refractivity contribution in [3.63, 3.8) is 0 Å². The number of thioether (sulfide) groups is 1. The molecule has 0 aromatic heterocycles. The number of para-hydroxylation sites is 1. The second-order valence-electron chi connectivity index (χ2n) is 5.61. The molecule has 1 saturated heterocycles. The molecule has 0 atom stereocenters. The predicted octanol–water partition coefficient (Wildman–Crippen LogP) is 4.62. The molecule has 1 aliphatic rings. The highest BCUT2D eigenvalue weighted by Crippen LogP contribution is 2.37. The topological polar surface area (TPSA) is 63.5 Å². The highest BCUT2D eigenvalue weighted by atomic mass is 32.2. The van der Waals surface area contributed by atoms with E-state index in [1.54, 1.807) is 25.1 Å². The van der Waals surface area contributed by atoms with Crippen molar-refractivity contribution in [3.8, 4) is 0 Å². The summed E-state index contributed by atoms with van der Waals surface area (Å²) in [7, 11) is 0. The monoisotopic (exact) mass is 370 g/mol. The van der Waals surface area contributed by atoms with Gasteiger partial charge >= 0.3 is 0 Å². The molecule has 0 saturated carbocycles. The lowest BCUT2D eigenvalue weighted by Crippen LogP contribution is -2.28. The van der Waals surface area contributed by atoms with Crippen LogP contribution in [0, 0.1) is 24.0 Å². The summed E-state index contributed by atoms with van der Waals surface area (Å²) < 4.78 is 0.451. The van der Waals surface area contributed by atoms with Crippen LogP contribution in [-0.2, 0) is 4.79 Å².